The number of benzene rings is 1. The van der Waals surface area contributed by atoms with Gasteiger partial charge in [0, 0.05) is 60.2 Å². The van der Waals surface area contributed by atoms with Crippen LogP contribution in [0.5, 0.6) is 0 Å². The third-order valence-electron chi connectivity index (χ3n) is 8.13. The van der Waals surface area contributed by atoms with Gasteiger partial charge in [-0.25, -0.2) is 9.78 Å². The van der Waals surface area contributed by atoms with Crippen LogP contribution in [0.2, 0.25) is 5.02 Å². The maximum atomic E-state index is 13.8. The molecule has 4 aromatic heterocycles. The van der Waals surface area contributed by atoms with Gasteiger partial charge in [-0.1, -0.05) is 31.0 Å². The van der Waals surface area contributed by atoms with Gasteiger partial charge in [0.2, 0.25) is 5.91 Å². The zero-order valence-electron chi connectivity index (χ0n) is 26.9. The summed E-state index contributed by atoms with van der Waals surface area (Å²) < 4.78 is 36.9. The Bertz CT molecular complexity index is 2090. The Morgan fingerprint density at radius 2 is 1.78 bits per heavy atom. The van der Waals surface area contributed by atoms with Gasteiger partial charge in [-0.15, -0.1) is 0 Å². The Morgan fingerprint density at radius 1 is 1.04 bits per heavy atom. The summed E-state index contributed by atoms with van der Waals surface area (Å²) in [4.78, 5) is 45.1. The number of rotatable bonds is 3. The summed E-state index contributed by atoms with van der Waals surface area (Å²) in [5, 5.41) is 19.6. The van der Waals surface area contributed by atoms with E-state index in [4.69, 9.17) is 26.5 Å². The van der Waals surface area contributed by atoms with Crippen molar-refractivity contribution in [3.63, 3.8) is 0 Å². The van der Waals surface area contributed by atoms with Crippen molar-refractivity contribution in [1.29, 1.82) is 0 Å². The average molecular weight is 697 g/mol. The van der Waals surface area contributed by atoms with Crippen molar-refractivity contribution < 1.29 is 27.9 Å². The van der Waals surface area contributed by atoms with Crippen LogP contribution in [0.1, 0.15) is 43.6 Å². The molecule has 256 valence electrons. The second-order valence-corrected chi connectivity index (χ2v) is 12.1. The lowest BCUT2D eigenvalue weighted by molar-refractivity contribution is -0.192. The molecule has 5 heterocycles. The number of alkyl halides is 3. The number of nitrogens with one attached hydrogen (secondary N) is 1. The molecule has 1 aliphatic heterocycles. The Morgan fingerprint density at radius 3 is 2.43 bits per heavy atom. The predicted molar refractivity (Wildman–Crippen MR) is 176 cm³/mol. The van der Waals surface area contributed by atoms with Crippen molar-refractivity contribution in [1.82, 2.24) is 34.1 Å². The number of anilines is 1. The number of hydrogen-bond donors (Lipinski definition) is 2. The lowest BCUT2D eigenvalue weighted by atomic mass is 9.96. The summed E-state index contributed by atoms with van der Waals surface area (Å²) in [5.41, 5.74) is 6.80. The maximum absolute atomic E-state index is 13.8. The van der Waals surface area contributed by atoms with Crippen molar-refractivity contribution in [3.05, 3.63) is 88.1 Å². The summed E-state index contributed by atoms with van der Waals surface area (Å²) >= 11 is 6.40. The van der Waals surface area contributed by atoms with Crippen molar-refractivity contribution in [2.75, 3.05) is 5.32 Å². The minimum Gasteiger partial charge on any atom is -0.475 e. The highest BCUT2D eigenvalue weighted by Crippen LogP contribution is 2.35. The fourth-order valence-corrected chi connectivity index (χ4v) is 5.87. The van der Waals surface area contributed by atoms with Gasteiger partial charge in [0.1, 0.15) is 0 Å². The summed E-state index contributed by atoms with van der Waals surface area (Å²) in [7, 11) is 3.71. The van der Waals surface area contributed by atoms with Crippen molar-refractivity contribution >= 4 is 29.2 Å². The Balaban J connectivity index is 0.000000606. The van der Waals surface area contributed by atoms with E-state index >= 15 is 0 Å². The molecule has 1 aliphatic rings. The van der Waals surface area contributed by atoms with E-state index in [1.807, 2.05) is 64.5 Å². The van der Waals surface area contributed by atoms with Crippen LogP contribution >= 0.6 is 11.6 Å². The molecule has 0 radical (unpaired) electrons. The molecule has 6 rings (SSSR count). The van der Waals surface area contributed by atoms with Crippen molar-refractivity contribution in [2.45, 2.75) is 45.3 Å². The van der Waals surface area contributed by atoms with Crippen LogP contribution in [-0.4, -0.2) is 57.3 Å². The maximum Gasteiger partial charge on any atom is 0.490 e. The van der Waals surface area contributed by atoms with Crippen LogP contribution in [0.15, 0.2) is 66.1 Å². The Hall–Kier alpha value is -5.31. The molecule has 0 unspecified atom stereocenters. The van der Waals surface area contributed by atoms with E-state index in [1.165, 1.54) is 0 Å². The summed E-state index contributed by atoms with van der Waals surface area (Å²) in [6.07, 6.45) is 3.84. The molecule has 5 aromatic rings. The predicted octanol–water partition coefficient (Wildman–Crippen LogP) is 6.05. The van der Waals surface area contributed by atoms with Crippen LogP contribution in [0, 0.1) is 12.8 Å². The second-order valence-electron chi connectivity index (χ2n) is 11.7. The molecular formula is C33H32ClF3N8O4. The Kier molecular flexibility index (Phi) is 10.0. The van der Waals surface area contributed by atoms with Crippen LogP contribution in [0.3, 0.4) is 0 Å². The fraction of sp³-hybridized carbons (Fsp3) is 0.303. The topological polar surface area (TPSA) is 150 Å². The number of hydrogen-bond acceptors (Lipinski definition) is 7. The van der Waals surface area contributed by atoms with Gasteiger partial charge < -0.3 is 10.4 Å². The normalized spacial score (nSPS) is 16.4. The zero-order valence-corrected chi connectivity index (χ0v) is 27.6. The number of pyridine rings is 1. The molecule has 1 aromatic carbocycles. The second kappa shape index (κ2) is 14.0. The number of halogens is 4. The average Bonchev–Trinajstić information content (AvgIpc) is 3.58. The van der Waals surface area contributed by atoms with E-state index in [1.54, 1.807) is 38.7 Å². The molecule has 0 aliphatic carbocycles. The van der Waals surface area contributed by atoms with Gasteiger partial charge in [-0.05, 0) is 49.6 Å². The van der Waals surface area contributed by atoms with Crippen LogP contribution in [-0.2, 0) is 23.7 Å². The number of carbonyl (C=O) groups is 2. The minimum absolute atomic E-state index is 0.0555. The molecule has 1 amide bonds. The molecule has 0 saturated heterocycles. The monoisotopic (exact) mass is 696 g/mol. The van der Waals surface area contributed by atoms with E-state index in [0.29, 0.717) is 29.2 Å². The molecule has 16 heteroatoms. The van der Waals surface area contributed by atoms with E-state index < -0.39 is 12.1 Å². The smallest absolute Gasteiger partial charge is 0.475 e. The standard InChI is InChI=1S/C31H31ClN8O2.C2HF3O2/c1-18-6-5-7-28(26-12-20(10-11-33-26)30-27(36-31(18)42)15-35-39(30)4)40-17-34-25(14-29(40)41)23-13-21(32)8-9-22(23)24-16-38(3)37-19(24)2;3-2(4,5)1(6)7/h8-18,28H,5-7H2,1-4H3,(H,36,42);(H,6,7)/t18-,28+;/m1./s1. The number of carbonyl (C=O) groups excluding carboxylic acids is 1. The quantitative estimate of drug-likeness (QED) is 0.232. The first kappa shape index (κ1) is 35.0. The summed E-state index contributed by atoms with van der Waals surface area (Å²) in [6.45, 7) is 3.86. The largest absolute Gasteiger partial charge is 0.490 e. The molecule has 0 fully saturated rings. The third kappa shape index (κ3) is 7.72. The molecule has 2 N–H and O–H groups in total. The van der Waals surface area contributed by atoms with Crippen molar-refractivity contribution in [3.8, 4) is 33.6 Å². The van der Waals surface area contributed by atoms with Gasteiger partial charge in [0.25, 0.3) is 5.56 Å². The van der Waals surface area contributed by atoms with Gasteiger partial charge >= 0.3 is 12.1 Å². The number of amides is 1. The van der Waals surface area contributed by atoms with Crippen LogP contribution < -0.4 is 10.9 Å². The van der Waals surface area contributed by atoms with Gasteiger partial charge in [0.05, 0.1) is 47.0 Å². The number of aromatic nitrogens is 7. The van der Waals surface area contributed by atoms with Crippen LogP contribution in [0.25, 0.3) is 33.6 Å². The summed E-state index contributed by atoms with van der Waals surface area (Å²) in [5.74, 6) is -3.02. The van der Waals surface area contributed by atoms with Gasteiger partial charge in [-0.3, -0.25) is 28.5 Å². The molecule has 2 bridgehead atoms. The molecule has 12 nitrogen and oxygen atoms in total. The van der Waals surface area contributed by atoms with E-state index in [0.717, 1.165) is 45.8 Å². The van der Waals surface area contributed by atoms with Crippen molar-refractivity contribution in [2.24, 2.45) is 20.0 Å². The lowest BCUT2D eigenvalue weighted by Gasteiger charge is -2.22. The van der Waals surface area contributed by atoms with Gasteiger partial charge in [0.15, 0.2) is 0 Å². The number of fused-ring (bicyclic) bond motifs is 4. The van der Waals surface area contributed by atoms with Gasteiger partial charge in [-0.2, -0.15) is 23.4 Å². The fourth-order valence-electron chi connectivity index (χ4n) is 5.70. The number of aliphatic carboxylic acids is 1. The summed E-state index contributed by atoms with van der Waals surface area (Å²) in [6, 6.07) is 10.6. The highest BCUT2D eigenvalue weighted by atomic mass is 35.5. The molecule has 0 saturated carbocycles. The lowest BCUT2D eigenvalue weighted by Crippen LogP contribution is -2.27. The number of carboxylic acid groups (broad SMARTS) is 1. The first-order chi connectivity index (χ1) is 23.1. The molecule has 2 atom stereocenters. The zero-order chi connectivity index (χ0) is 35.6. The third-order valence-corrected chi connectivity index (χ3v) is 8.37. The highest BCUT2D eigenvalue weighted by molar-refractivity contribution is 6.31. The first-order valence-corrected chi connectivity index (χ1v) is 15.5. The first-order valence-electron chi connectivity index (χ1n) is 15.1. The Labute approximate surface area is 283 Å². The minimum atomic E-state index is -5.08. The number of carboxylic acids is 1. The number of nitrogens with zero attached hydrogens (tertiary/aromatic N) is 7. The SMILES string of the molecule is Cc1nn(C)cc1-c1ccc(Cl)cc1-c1cc(=O)n([C@H]2CCC[C@@H](C)C(=O)Nc3cnn(C)c3-c3ccnc2c3)cn1.O=C(O)C(F)(F)F. The van der Waals surface area contributed by atoms with E-state index in [9.17, 15) is 22.8 Å². The van der Waals surface area contributed by atoms with E-state index in [-0.39, 0.29) is 23.4 Å². The molecular weight excluding hydrogens is 665 g/mol. The molecule has 49 heavy (non-hydrogen) atoms. The van der Waals surface area contributed by atoms with E-state index in [2.05, 4.69) is 20.5 Å². The van der Waals surface area contributed by atoms with Crippen LogP contribution in [0.4, 0.5) is 18.9 Å². The highest BCUT2D eigenvalue weighted by Gasteiger charge is 2.38. The number of aryl methyl sites for hydroxylation is 3. The molecule has 0 spiro atoms.